The van der Waals surface area contributed by atoms with Crippen LogP contribution in [0.2, 0.25) is 0 Å². The Morgan fingerprint density at radius 3 is 2.67 bits per heavy atom. The van der Waals surface area contributed by atoms with Crippen LogP contribution in [0.4, 0.5) is 0 Å². The van der Waals surface area contributed by atoms with E-state index < -0.39 is 0 Å². The second-order valence-electron chi connectivity index (χ2n) is 5.29. The van der Waals surface area contributed by atoms with Gasteiger partial charge < -0.3 is 4.74 Å². The van der Waals surface area contributed by atoms with E-state index in [9.17, 15) is 4.79 Å². The first-order chi connectivity index (χ1) is 8.82. The minimum Gasteiger partial charge on any atom is -0.490 e. The summed E-state index contributed by atoms with van der Waals surface area (Å²) in [6.07, 6.45) is 8.69. The third-order valence-corrected chi connectivity index (χ3v) is 4.17. The molecule has 0 aliphatic heterocycles. The van der Waals surface area contributed by atoms with Gasteiger partial charge in [-0.1, -0.05) is 12.1 Å². The van der Waals surface area contributed by atoms with E-state index in [1.165, 1.54) is 6.42 Å². The van der Waals surface area contributed by atoms with Gasteiger partial charge in [-0.3, -0.25) is 0 Å². The fraction of sp³-hybridized carbons (Fsp3) is 0.533. The highest BCUT2D eigenvalue weighted by Gasteiger charge is 2.39. The molecule has 3 rings (SSSR count). The topological polar surface area (TPSA) is 38.7 Å². The van der Waals surface area contributed by atoms with Crippen LogP contribution in [0.5, 0.6) is 5.75 Å². The van der Waals surface area contributed by atoms with Gasteiger partial charge >= 0.3 is 0 Å². The van der Waals surface area contributed by atoms with Gasteiger partial charge in [-0.05, 0) is 56.2 Å². The molecule has 18 heavy (non-hydrogen) atoms. The zero-order chi connectivity index (χ0) is 12.4. The molecule has 0 atom stereocenters. The summed E-state index contributed by atoms with van der Waals surface area (Å²) in [6.45, 7) is 0. The van der Waals surface area contributed by atoms with E-state index in [1.54, 1.807) is 6.08 Å². The van der Waals surface area contributed by atoms with Crippen LogP contribution in [0.25, 0.3) is 0 Å². The van der Waals surface area contributed by atoms with Gasteiger partial charge in [-0.15, -0.1) is 0 Å². The quantitative estimate of drug-likeness (QED) is 0.601. The van der Waals surface area contributed by atoms with Crippen molar-refractivity contribution in [2.45, 2.75) is 50.2 Å². The number of carbonyl (C=O) groups excluding carboxylic acids is 1. The van der Waals surface area contributed by atoms with E-state index in [-0.39, 0.29) is 5.54 Å². The van der Waals surface area contributed by atoms with Gasteiger partial charge in [0.15, 0.2) is 0 Å². The molecule has 1 aromatic rings. The first kappa shape index (κ1) is 11.5. The maximum absolute atomic E-state index is 10.6. The lowest BCUT2D eigenvalue weighted by atomic mass is 9.72. The molecule has 0 amide bonds. The summed E-state index contributed by atoms with van der Waals surface area (Å²) in [5.41, 5.74) is 0.773. The van der Waals surface area contributed by atoms with Gasteiger partial charge in [0.1, 0.15) is 5.75 Å². The number of aliphatic imine (C=N–C) groups is 1. The molecule has 0 aromatic heterocycles. The second-order valence-corrected chi connectivity index (χ2v) is 5.29. The van der Waals surface area contributed by atoms with Gasteiger partial charge in [0.25, 0.3) is 0 Å². The van der Waals surface area contributed by atoms with Crippen LogP contribution in [0, 0.1) is 0 Å². The largest absolute Gasteiger partial charge is 0.490 e. The first-order valence-corrected chi connectivity index (χ1v) is 6.69. The van der Waals surface area contributed by atoms with Crippen molar-refractivity contribution in [1.82, 2.24) is 0 Å². The molecular weight excluding hydrogens is 226 g/mol. The number of rotatable bonds is 4. The van der Waals surface area contributed by atoms with Crippen molar-refractivity contribution in [2.75, 3.05) is 0 Å². The van der Waals surface area contributed by atoms with Crippen LogP contribution in [-0.4, -0.2) is 12.2 Å². The standard InChI is InChI=1S/C15H17NO2/c17-11-16-15(8-3-9-15)12-4-1-7-14(10-12)18-13-5-2-6-13/h1,4,7,10,13H,2-3,5-6,8-9H2. The van der Waals surface area contributed by atoms with Gasteiger partial charge in [0.2, 0.25) is 6.08 Å². The van der Waals surface area contributed by atoms with Gasteiger partial charge in [-0.2, -0.15) is 4.99 Å². The summed E-state index contributed by atoms with van der Waals surface area (Å²) in [6, 6.07) is 8.05. The number of nitrogens with zero attached hydrogens (tertiary/aromatic N) is 1. The summed E-state index contributed by atoms with van der Waals surface area (Å²) in [4.78, 5) is 14.6. The summed E-state index contributed by atoms with van der Waals surface area (Å²) < 4.78 is 5.89. The van der Waals surface area contributed by atoms with E-state index in [2.05, 4.69) is 4.99 Å². The zero-order valence-corrected chi connectivity index (χ0v) is 10.4. The summed E-state index contributed by atoms with van der Waals surface area (Å²) in [5, 5.41) is 0. The highest BCUT2D eigenvalue weighted by Crippen LogP contribution is 2.45. The molecule has 94 valence electrons. The molecule has 0 heterocycles. The molecule has 0 radical (unpaired) electrons. The van der Waals surface area contributed by atoms with E-state index >= 15 is 0 Å². The molecule has 2 fully saturated rings. The normalized spacial score (nSPS) is 21.3. The first-order valence-electron chi connectivity index (χ1n) is 6.69. The molecule has 0 spiro atoms. The van der Waals surface area contributed by atoms with Crippen molar-refractivity contribution in [3.05, 3.63) is 29.8 Å². The van der Waals surface area contributed by atoms with Crippen LogP contribution < -0.4 is 4.74 Å². The van der Waals surface area contributed by atoms with E-state index in [0.717, 1.165) is 43.4 Å². The molecular formula is C15H17NO2. The van der Waals surface area contributed by atoms with Crippen LogP contribution >= 0.6 is 0 Å². The Morgan fingerprint density at radius 1 is 1.28 bits per heavy atom. The Bertz CT molecular complexity index is 483. The summed E-state index contributed by atoms with van der Waals surface area (Å²) >= 11 is 0. The number of isocyanates is 1. The van der Waals surface area contributed by atoms with E-state index in [4.69, 9.17) is 4.74 Å². The molecule has 0 saturated heterocycles. The molecule has 0 unspecified atom stereocenters. The maximum Gasteiger partial charge on any atom is 0.235 e. The Morgan fingerprint density at radius 2 is 2.11 bits per heavy atom. The second kappa shape index (κ2) is 4.58. The van der Waals surface area contributed by atoms with Crippen LogP contribution in [0.15, 0.2) is 29.3 Å². The molecule has 3 nitrogen and oxygen atoms in total. The third-order valence-electron chi connectivity index (χ3n) is 4.17. The van der Waals surface area contributed by atoms with Crippen molar-refractivity contribution in [3.8, 4) is 5.75 Å². The smallest absolute Gasteiger partial charge is 0.235 e. The molecule has 0 bridgehead atoms. The zero-order valence-electron chi connectivity index (χ0n) is 10.4. The monoisotopic (exact) mass is 243 g/mol. The average Bonchev–Trinajstić information content (AvgIpc) is 2.29. The summed E-state index contributed by atoms with van der Waals surface area (Å²) in [7, 11) is 0. The van der Waals surface area contributed by atoms with Crippen molar-refractivity contribution in [3.63, 3.8) is 0 Å². The SMILES string of the molecule is O=C=NC1(c2cccc(OC3CCC3)c2)CCC1. The Labute approximate surface area is 107 Å². The minimum absolute atomic E-state index is 0.319. The van der Waals surface area contributed by atoms with Crippen molar-refractivity contribution in [2.24, 2.45) is 4.99 Å². The fourth-order valence-corrected chi connectivity index (χ4v) is 2.60. The van der Waals surface area contributed by atoms with Crippen LogP contribution in [-0.2, 0) is 10.3 Å². The molecule has 1 aromatic carbocycles. The predicted molar refractivity (Wildman–Crippen MR) is 68.4 cm³/mol. The Balaban J connectivity index is 1.83. The van der Waals surface area contributed by atoms with Gasteiger partial charge in [0, 0.05) is 0 Å². The van der Waals surface area contributed by atoms with Crippen molar-refractivity contribution < 1.29 is 9.53 Å². The van der Waals surface area contributed by atoms with Crippen LogP contribution in [0.1, 0.15) is 44.1 Å². The lowest BCUT2D eigenvalue weighted by molar-refractivity contribution is 0.120. The average molecular weight is 243 g/mol. The van der Waals surface area contributed by atoms with Crippen LogP contribution in [0.3, 0.4) is 0 Å². The highest BCUT2D eigenvalue weighted by molar-refractivity contribution is 5.41. The highest BCUT2D eigenvalue weighted by atomic mass is 16.5. The predicted octanol–water partition coefficient (Wildman–Crippen LogP) is 3.33. The molecule has 2 saturated carbocycles. The fourth-order valence-electron chi connectivity index (χ4n) is 2.60. The molecule has 3 heteroatoms. The lowest BCUT2D eigenvalue weighted by Crippen LogP contribution is -2.32. The van der Waals surface area contributed by atoms with Crippen molar-refractivity contribution >= 4 is 6.08 Å². The summed E-state index contributed by atoms with van der Waals surface area (Å²) in [5.74, 6) is 0.907. The third kappa shape index (κ3) is 1.95. The van der Waals surface area contributed by atoms with Gasteiger partial charge in [-0.25, -0.2) is 4.79 Å². The maximum atomic E-state index is 10.6. The Hall–Kier alpha value is -1.60. The van der Waals surface area contributed by atoms with E-state index in [1.807, 2.05) is 24.3 Å². The van der Waals surface area contributed by atoms with Gasteiger partial charge in [0.05, 0.1) is 11.6 Å². The van der Waals surface area contributed by atoms with E-state index in [0.29, 0.717) is 6.10 Å². The Kier molecular flexibility index (Phi) is 2.92. The molecule has 0 N–H and O–H groups in total. The number of hydrogen-bond acceptors (Lipinski definition) is 3. The number of hydrogen-bond donors (Lipinski definition) is 0. The van der Waals surface area contributed by atoms with Crippen molar-refractivity contribution in [1.29, 1.82) is 0 Å². The minimum atomic E-state index is -0.319. The molecule has 2 aliphatic rings. The number of benzene rings is 1. The molecule has 2 aliphatic carbocycles. The number of ether oxygens (including phenoxy) is 1. The lowest BCUT2D eigenvalue weighted by Gasteiger charge is -2.37.